The maximum Gasteiger partial charge on any atom is 0.168 e. The highest BCUT2D eigenvalue weighted by Gasteiger charge is 1.90. The van der Waals surface area contributed by atoms with Crippen molar-refractivity contribution >= 4 is 5.97 Å². The molecular weight excluding hydrogens is 262 g/mol. The molecule has 1 rings (SSSR count). The molecule has 114 valence electrons. The summed E-state index contributed by atoms with van der Waals surface area (Å²) in [6, 6.07) is 6.00. The Hall–Kier alpha value is -1.50. The SMILES string of the molecule is COCCOCCOCCC(=O)[O-].C[n+]1ccccc1. The van der Waals surface area contributed by atoms with Crippen molar-refractivity contribution in [2.45, 2.75) is 6.42 Å². The van der Waals surface area contributed by atoms with Gasteiger partial charge in [-0.2, -0.15) is 0 Å². The summed E-state index contributed by atoms with van der Waals surface area (Å²) in [7, 11) is 3.60. The van der Waals surface area contributed by atoms with Gasteiger partial charge in [0, 0.05) is 31.6 Å². The van der Waals surface area contributed by atoms with Gasteiger partial charge in [-0.15, -0.1) is 0 Å². The summed E-state index contributed by atoms with van der Waals surface area (Å²) >= 11 is 0. The average molecular weight is 285 g/mol. The summed E-state index contributed by atoms with van der Waals surface area (Å²) in [6.45, 7) is 2.11. The first-order chi connectivity index (χ1) is 9.66. The molecule has 1 aromatic rings. The number of ether oxygens (including phenoxy) is 3. The molecule has 0 fully saturated rings. The largest absolute Gasteiger partial charge is 0.550 e. The zero-order valence-electron chi connectivity index (χ0n) is 12.1. The maximum atomic E-state index is 9.93. The molecule has 0 aliphatic heterocycles. The van der Waals surface area contributed by atoms with Crippen LogP contribution in [-0.4, -0.2) is 46.1 Å². The fraction of sp³-hybridized carbons (Fsp3) is 0.571. The van der Waals surface area contributed by atoms with Crippen molar-refractivity contribution < 1.29 is 28.7 Å². The Kier molecular flexibility index (Phi) is 12.9. The Labute approximate surface area is 119 Å². The number of carboxylic acid groups (broad SMARTS) is 1. The first-order valence-electron chi connectivity index (χ1n) is 6.41. The molecule has 0 radical (unpaired) electrons. The van der Waals surface area contributed by atoms with Gasteiger partial charge in [-0.3, -0.25) is 0 Å². The van der Waals surface area contributed by atoms with Gasteiger partial charge in [0.25, 0.3) is 0 Å². The monoisotopic (exact) mass is 285 g/mol. The van der Waals surface area contributed by atoms with E-state index in [1.807, 2.05) is 42.2 Å². The molecule has 0 aliphatic rings. The predicted molar refractivity (Wildman–Crippen MR) is 70.8 cm³/mol. The summed E-state index contributed by atoms with van der Waals surface area (Å²) in [5, 5.41) is 9.93. The highest BCUT2D eigenvalue weighted by Crippen LogP contribution is 1.82. The number of carboxylic acids is 1. The zero-order chi connectivity index (χ0) is 15.1. The van der Waals surface area contributed by atoms with Gasteiger partial charge >= 0.3 is 0 Å². The third-order valence-electron chi connectivity index (χ3n) is 2.12. The highest BCUT2D eigenvalue weighted by molar-refractivity contribution is 5.64. The minimum absolute atomic E-state index is 0.0714. The first-order valence-corrected chi connectivity index (χ1v) is 6.41. The van der Waals surface area contributed by atoms with Crippen LogP contribution in [0.5, 0.6) is 0 Å². The summed E-state index contributed by atoms with van der Waals surface area (Å²) in [4.78, 5) is 9.93. The van der Waals surface area contributed by atoms with Gasteiger partial charge in [0.2, 0.25) is 0 Å². The van der Waals surface area contributed by atoms with Crippen LogP contribution in [0.2, 0.25) is 0 Å². The van der Waals surface area contributed by atoms with Crippen LogP contribution in [0.4, 0.5) is 0 Å². The Bertz CT molecular complexity index is 332. The molecule has 0 saturated heterocycles. The highest BCUT2D eigenvalue weighted by atomic mass is 16.5. The Morgan fingerprint density at radius 2 is 1.55 bits per heavy atom. The lowest BCUT2D eigenvalue weighted by Gasteiger charge is -2.05. The van der Waals surface area contributed by atoms with Gasteiger partial charge in [-0.25, -0.2) is 4.57 Å². The molecule has 0 spiro atoms. The number of pyridine rings is 1. The van der Waals surface area contributed by atoms with Crippen molar-refractivity contribution in [1.82, 2.24) is 0 Å². The van der Waals surface area contributed by atoms with E-state index in [9.17, 15) is 9.90 Å². The van der Waals surface area contributed by atoms with E-state index in [4.69, 9.17) is 14.2 Å². The van der Waals surface area contributed by atoms with E-state index in [0.717, 1.165) is 0 Å². The van der Waals surface area contributed by atoms with Crippen LogP contribution < -0.4 is 9.67 Å². The second-order valence-corrected chi connectivity index (χ2v) is 3.88. The second kappa shape index (κ2) is 13.9. The molecule has 0 saturated carbocycles. The van der Waals surface area contributed by atoms with Crippen LogP contribution in [0.25, 0.3) is 0 Å². The molecule has 0 unspecified atom stereocenters. The van der Waals surface area contributed by atoms with E-state index in [1.165, 1.54) is 0 Å². The minimum Gasteiger partial charge on any atom is -0.550 e. The smallest absolute Gasteiger partial charge is 0.168 e. The van der Waals surface area contributed by atoms with Crippen molar-refractivity contribution in [3.8, 4) is 0 Å². The van der Waals surface area contributed by atoms with Crippen LogP contribution >= 0.6 is 0 Å². The van der Waals surface area contributed by atoms with Crippen molar-refractivity contribution in [3.63, 3.8) is 0 Å². The molecule has 0 bridgehead atoms. The molecule has 0 aromatic carbocycles. The van der Waals surface area contributed by atoms with Gasteiger partial charge in [0.1, 0.15) is 7.05 Å². The van der Waals surface area contributed by atoms with E-state index in [-0.39, 0.29) is 13.0 Å². The fourth-order valence-electron chi connectivity index (χ4n) is 1.10. The van der Waals surface area contributed by atoms with E-state index >= 15 is 0 Å². The van der Waals surface area contributed by atoms with Gasteiger partial charge in [-0.05, 0) is 0 Å². The number of hydrogen-bond donors (Lipinski definition) is 0. The number of hydrogen-bond acceptors (Lipinski definition) is 5. The summed E-state index contributed by atoms with van der Waals surface area (Å²) in [5.74, 6) is -1.10. The summed E-state index contributed by atoms with van der Waals surface area (Å²) in [6.07, 6.45) is 3.93. The van der Waals surface area contributed by atoms with E-state index in [0.29, 0.717) is 26.4 Å². The lowest BCUT2D eigenvalue weighted by molar-refractivity contribution is -0.671. The Morgan fingerprint density at radius 1 is 1.00 bits per heavy atom. The molecular formula is C14H23NO5. The number of methoxy groups -OCH3 is 1. The predicted octanol–water partition coefficient (Wildman–Crippen LogP) is -0.683. The van der Waals surface area contributed by atoms with E-state index < -0.39 is 5.97 Å². The summed E-state index contributed by atoms with van der Waals surface area (Å²) in [5.41, 5.74) is 0. The number of rotatable bonds is 9. The van der Waals surface area contributed by atoms with Crippen LogP contribution in [0, 0.1) is 0 Å². The molecule has 0 N–H and O–H groups in total. The molecule has 0 atom stereocenters. The van der Waals surface area contributed by atoms with Crippen LogP contribution in [0.15, 0.2) is 30.6 Å². The number of aryl methyl sites for hydroxylation is 1. The first kappa shape index (κ1) is 18.5. The van der Waals surface area contributed by atoms with Crippen molar-refractivity contribution in [2.75, 3.05) is 40.1 Å². The third kappa shape index (κ3) is 14.6. The van der Waals surface area contributed by atoms with Crippen molar-refractivity contribution in [1.29, 1.82) is 0 Å². The van der Waals surface area contributed by atoms with Crippen molar-refractivity contribution in [2.24, 2.45) is 7.05 Å². The number of carbonyl (C=O) groups is 1. The van der Waals surface area contributed by atoms with E-state index in [1.54, 1.807) is 7.11 Å². The number of aliphatic carboxylic acids is 1. The maximum absolute atomic E-state index is 9.93. The van der Waals surface area contributed by atoms with Gasteiger partial charge < -0.3 is 24.1 Å². The number of aromatic nitrogens is 1. The van der Waals surface area contributed by atoms with Crippen LogP contribution in [-0.2, 0) is 26.1 Å². The quantitative estimate of drug-likeness (QED) is 0.444. The van der Waals surface area contributed by atoms with Gasteiger partial charge in [0.05, 0.1) is 33.0 Å². The molecule has 6 heteroatoms. The lowest BCUT2D eigenvalue weighted by Crippen LogP contribution is -2.25. The average Bonchev–Trinajstić information content (AvgIpc) is 2.43. The standard InChI is InChI=1S/C8H16O5.C6H8N/c1-11-4-5-13-7-6-12-3-2-8(9)10;1-7-5-3-2-4-6-7/h2-7H2,1H3,(H,9,10);2-6H,1H3/q;+1/p-1. The molecule has 20 heavy (non-hydrogen) atoms. The molecule has 1 heterocycles. The minimum atomic E-state index is -1.10. The van der Waals surface area contributed by atoms with Gasteiger partial charge in [0.15, 0.2) is 12.4 Å². The molecule has 6 nitrogen and oxygen atoms in total. The normalized spacial score (nSPS) is 9.70. The Morgan fingerprint density at radius 3 is 2.00 bits per heavy atom. The molecule has 0 aliphatic carbocycles. The lowest BCUT2D eigenvalue weighted by atomic mass is 10.5. The van der Waals surface area contributed by atoms with Crippen LogP contribution in [0.1, 0.15) is 6.42 Å². The molecule has 1 aromatic heterocycles. The van der Waals surface area contributed by atoms with E-state index in [2.05, 4.69) is 0 Å². The third-order valence-corrected chi connectivity index (χ3v) is 2.12. The van der Waals surface area contributed by atoms with Crippen LogP contribution in [0.3, 0.4) is 0 Å². The summed E-state index contributed by atoms with van der Waals surface area (Å²) < 4.78 is 16.8. The fourth-order valence-corrected chi connectivity index (χ4v) is 1.10. The number of nitrogens with zero attached hydrogens (tertiary/aromatic N) is 1. The second-order valence-electron chi connectivity index (χ2n) is 3.88. The number of carbonyl (C=O) groups excluding carboxylic acids is 1. The van der Waals surface area contributed by atoms with Crippen molar-refractivity contribution in [3.05, 3.63) is 30.6 Å². The Balaban J connectivity index is 0.000000428. The van der Waals surface area contributed by atoms with Gasteiger partial charge in [-0.1, -0.05) is 6.07 Å². The molecule has 0 amide bonds. The zero-order valence-corrected chi connectivity index (χ0v) is 12.1. The topological polar surface area (TPSA) is 71.7 Å².